The Balaban J connectivity index is 1.59. The van der Waals surface area contributed by atoms with E-state index >= 15 is 0 Å². The molecule has 0 N–H and O–H groups in total. The zero-order valence-corrected chi connectivity index (χ0v) is 14.9. The van der Waals surface area contributed by atoms with Gasteiger partial charge in [-0.05, 0) is 37.6 Å². The van der Waals surface area contributed by atoms with Crippen LogP contribution in [0.5, 0.6) is 5.75 Å². The van der Waals surface area contributed by atoms with Crippen LogP contribution in [0.15, 0.2) is 48.7 Å². The summed E-state index contributed by atoms with van der Waals surface area (Å²) in [6.45, 7) is 4.48. The van der Waals surface area contributed by atoms with Crippen molar-refractivity contribution in [3.63, 3.8) is 0 Å². The number of ether oxygens (including phenoxy) is 1. The lowest BCUT2D eigenvalue weighted by atomic mass is 10.1. The Labute approximate surface area is 149 Å². The van der Waals surface area contributed by atoms with Gasteiger partial charge in [0, 0.05) is 44.0 Å². The van der Waals surface area contributed by atoms with E-state index in [1.165, 1.54) is 0 Å². The van der Waals surface area contributed by atoms with E-state index in [2.05, 4.69) is 22.9 Å². The minimum Gasteiger partial charge on any atom is -0.495 e. The maximum absolute atomic E-state index is 12.6. The third-order valence-corrected chi connectivity index (χ3v) is 4.69. The molecule has 0 radical (unpaired) electrons. The molecule has 1 unspecified atom stereocenters. The molecule has 1 saturated heterocycles. The number of carbonyl (C=O) groups is 1. The third kappa shape index (κ3) is 4.10. The first-order valence-corrected chi connectivity index (χ1v) is 8.76. The second-order valence-corrected chi connectivity index (χ2v) is 6.38. The maximum atomic E-state index is 12.6. The highest BCUT2D eigenvalue weighted by atomic mass is 16.5. The minimum absolute atomic E-state index is 0.176. The summed E-state index contributed by atoms with van der Waals surface area (Å²) in [6, 6.07) is 14.0. The number of anilines is 1. The molecule has 2 heterocycles. The number of piperazine rings is 1. The van der Waals surface area contributed by atoms with Gasteiger partial charge in [-0.15, -0.1) is 0 Å². The standard InChI is InChI=1S/C20H25N3O2/c1-16-15-22(18-8-3-4-9-19(18)25-2)13-14-23(16)20(24)11-10-17-7-5-6-12-21-17/h3-9,12,16H,10-11,13-15H2,1-2H3. The minimum atomic E-state index is 0.176. The van der Waals surface area contributed by atoms with E-state index in [-0.39, 0.29) is 11.9 Å². The van der Waals surface area contributed by atoms with Gasteiger partial charge in [0.1, 0.15) is 5.75 Å². The van der Waals surface area contributed by atoms with Gasteiger partial charge in [0.2, 0.25) is 5.91 Å². The van der Waals surface area contributed by atoms with Crippen molar-refractivity contribution in [3.8, 4) is 5.75 Å². The van der Waals surface area contributed by atoms with Crippen LogP contribution in [-0.4, -0.2) is 48.6 Å². The highest BCUT2D eigenvalue weighted by Gasteiger charge is 2.28. The Morgan fingerprint density at radius 1 is 1.20 bits per heavy atom. The molecule has 1 aliphatic heterocycles. The average molecular weight is 339 g/mol. The fourth-order valence-electron chi connectivity index (χ4n) is 3.36. The Morgan fingerprint density at radius 2 is 2.00 bits per heavy atom. The highest BCUT2D eigenvalue weighted by molar-refractivity contribution is 5.77. The van der Waals surface area contributed by atoms with Crippen LogP contribution >= 0.6 is 0 Å². The molecule has 5 nitrogen and oxygen atoms in total. The van der Waals surface area contributed by atoms with Gasteiger partial charge in [-0.1, -0.05) is 18.2 Å². The first kappa shape index (κ1) is 17.3. The quantitative estimate of drug-likeness (QED) is 0.840. The molecule has 1 aromatic heterocycles. The van der Waals surface area contributed by atoms with Crippen LogP contribution in [0, 0.1) is 0 Å². The van der Waals surface area contributed by atoms with Crippen LogP contribution in [0.4, 0.5) is 5.69 Å². The number of hydrogen-bond donors (Lipinski definition) is 0. The van der Waals surface area contributed by atoms with Crippen LogP contribution in [-0.2, 0) is 11.2 Å². The smallest absolute Gasteiger partial charge is 0.223 e. The lowest BCUT2D eigenvalue weighted by Gasteiger charge is -2.41. The molecule has 0 aliphatic carbocycles. The fourth-order valence-corrected chi connectivity index (χ4v) is 3.36. The van der Waals surface area contributed by atoms with Crippen molar-refractivity contribution in [1.82, 2.24) is 9.88 Å². The molecule has 25 heavy (non-hydrogen) atoms. The van der Waals surface area contributed by atoms with E-state index in [1.807, 2.05) is 41.3 Å². The summed E-state index contributed by atoms with van der Waals surface area (Å²) in [5.41, 5.74) is 2.06. The van der Waals surface area contributed by atoms with E-state index in [9.17, 15) is 4.79 Å². The summed E-state index contributed by atoms with van der Waals surface area (Å²) in [7, 11) is 1.69. The molecule has 3 rings (SSSR count). The Morgan fingerprint density at radius 3 is 2.72 bits per heavy atom. The molecule has 0 saturated carbocycles. The Kier molecular flexibility index (Phi) is 5.53. The molecular weight excluding hydrogens is 314 g/mol. The predicted octanol–water partition coefficient (Wildman–Crippen LogP) is 2.76. The highest BCUT2D eigenvalue weighted by Crippen LogP contribution is 2.29. The number of para-hydroxylation sites is 2. The number of rotatable bonds is 5. The number of pyridine rings is 1. The summed E-state index contributed by atoms with van der Waals surface area (Å²) in [5, 5.41) is 0. The Bertz CT molecular complexity index is 705. The molecule has 5 heteroatoms. The van der Waals surface area contributed by atoms with E-state index in [1.54, 1.807) is 13.3 Å². The number of aromatic nitrogens is 1. The first-order chi connectivity index (χ1) is 12.2. The fraction of sp³-hybridized carbons (Fsp3) is 0.400. The SMILES string of the molecule is COc1ccccc1N1CCN(C(=O)CCc2ccccn2)C(C)C1. The zero-order valence-electron chi connectivity index (χ0n) is 14.9. The molecule has 1 aromatic carbocycles. The molecule has 1 amide bonds. The van der Waals surface area contributed by atoms with Gasteiger partial charge >= 0.3 is 0 Å². The number of carbonyl (C=O) groups excluding carboxylic acids is 1. The van der Waals surface area contributed by atoms with Gasteiger partial charge < -0.3 is 14.5 Å². The van der Waals surface area contributed by atoms with Crippen molar-refractivity contribution in [2.24, 2.45) is 0 Å². The van der Waals surface area contributed by atoms with Gasteiger partial charge in [0.25, 0.3) is 0 Å². The second-order valence-electron chi connectivity index (χ2n) is 6.38. The van der Waals surface area contributed by atoms with E-state index in [4.69, 9.17) is 4.74 Å². The molecule has 132 valence electrons. The largest absolute Gasteiger partial charge is 0.495 e. The maximum Gasteiger partial charge on any atom is 0.223 e. The summed E-state index contributed by atoms with van der Waals surface area (Å²) in [4.78, 5) is 21.2. The molecule has 1 atom stereocenters. The third-order valence-electron chi connectivity index (χ3n) is 4.69. The number of aryl methyl sites for hydroxylation is 1. The molecular formula is C20H25N3O2. The predicted molar refractivity (Wildman–Crippen MR) is 98.9 cm³/mol. The lowest BCUT2D eigenvalue weighted by Crippen LogP contribution is -2.54. The van der Waals surface area contributed by atoms with Crippen molar-refractivity contribution in [2.75, 3.05) is 31.6 Å². The topological polar surface area (TPSA) is 45.7 Å². The summed E-state index contributed by atoms with van der Waals surface area (Å²) in [6.07, 6.45) is 2.98. The molecule has 1 aliphatic rings. The number of hydrogen-bond acceptors (Lipinski definition) is 4. The number of benzene rings is 1. The first-order valence-electron chi connectivity index (χ1n) is 8.76. The van der Waals surface area contributed by atoms with Crippen molar-refractivity contribution in [1.29, 1.82) is 0 Å². The van der Waals surface area contributed by atoms with E-state index in [0.717, 1.165) is 36.8 Å². The van der Waals surface area contributed by atoms with Gasteiger partial charge in [0.15, 0.2) is 0 Å². The van der Waals surface area contributed by atoms with Crippen molar-refractivity contribution in [3.05, 3.63) is 54.4 Å². The van der Waals surface area contributed by atoms with Crippen LogP contribution in [0.25, 0.3) is 0 Å². The van der Waals surface area contributed by atoms with Crippen molar-refractivity contribution in [2.45, 2.75) is 25.8 Å². The second kappa shape index (κ2) is 8.01. The zero-order chi connectivity index (χ0) is 17.6. The normalized spacial score (nSPS) is 17.4. The van der Waals surface area contributed by atoms with Crippen LogP contribution in [0.2, 0.25) is 0 Å². The Hall–Kier alpha value is -2.56. The van der Waals surface area contributed by atoms with Crippen molar-refractivity contribution < 1.29 is 9.53 Å². The van der Waals surface area contributed by atoms with Crippen LogP contribution in [0.3, 0.4) is 0 Å². The summed E-state index contributed by atoms with van der Waals surface area (Å²) >= 11 is 0. The average Bonchev–Trinajstić information content (AvgIpc) is 2.66. The van der Waals surface area contributed by atoms with Crippen LogP contribution in [0.1, 0.15) is 19.0 Å². The number of nitrogens with zero attached hydrogens (tertiary/aromatic N) is 3. The van der Waals surface area contributed by atoms with Gasteiger partial charge in [0.05, 0.1) is 12.8 Å². The van der Waals surface area contributed by atoms with Crippen molar-refractivity contribution >= 4 is 11.6 Å². The van der Waals surface area contributed by atoms with E-state index < -0.39 is 0 Å². The molecule has 0 bridgehead atoms. The summed E-state index contributed by atoms with van der Waals surface area (Å²) in [5.74, 6) is 1.09. The monoisotopic (exact) mass is 339 g/mol. The van der Waals surface area contributed by atoms with Crippen LogP contribution < -0.4 is 9.64 Å². The number of methoxy groups -OCH3 is 1. The van der Waals surface area contributed by atoms with E-state index in [0.29, 0.717) is 12.8 Å². The van der Waals surface area contributed by atoms with Gasteiger partial charge in [-0.2, -0.15) is 0 Å². The van der Waals surface area contributed by atoms with Gasteiger partial charge in [-0.25, -0.2) is 0 Å². The van der Waals surface area contributed by atoms with Gasteiger partial charge in [-0.3, -0.25) is 9.78 Å². The molecule has 1 fully saturated rings. The summed E-state index contributed by atoms with van der Waals surface area (Å²) < 4.78 is 5.47. The lowest BCUT2D eigenvalue weighted by molar-refractivity contribution is -0.133. The molecule has 0 spiro atoms. The molecule has 2 aromatic rings. The number of amides is 1.